The first kappa shape index (κ1) is 24.8. The minimum Gasteiger partial charge on any atom is -0.492 e. The molecule has 0 bridgehead atoms. The average Bonchev–Trinajstić information content (AvgIpc) is 3.60. The van der Waals surface area contributed by atoms with E-state index in [1.807, 2.05) is 24.0 Å². The molecule has 194 valence electrons. The number of carbonyl (C=O) groups is 1. The Morgan fingerprint density at radius 3 is 2.73 bits per heavy atom. The molecule has 1 aliphatic heterocycles. The van der Waals surface area contributed by atoms with Gasteiger partial charge in [0.2, 0.25) is 5.91 Å². The fourth-order valence-electron chi connectivity index (χ4n) is 4.76. The Kier molecular flexibility index (Phi) is 6.19. The first-order chi connectivity index (χ1) is 17.7. The number of nitrogens with zero attached hydrogens (tertiary/aromatic N) is 5. The molecule has 9 nitrogen and oxygen atoms in total. The summed E-state index contributed by atoms with van der Waals surface area (Å²) in [6, 6.07) is 6.82. The van der Waals surface area contributed by atoms with Gasteiger partial charge in [-0.05, 0) is 44.4 Å². The van der Waals surface area contributed by atoms with E-state index >= 15 is 0 Å². The molecular weight excluding hydrogens is 489 g/mol. The van der Waals surface area contributed by atoms with Crippen LogP contribution in [0.2, 0.25) is 0 Å². The van der Waals surface area contributed by atoms with Crippen molar-refractivity contribution in [3.63, 3.8) is 0 Å². The fourth-order valence-corrected chi connectivity index (χ4v) is 4.76. The molecule has 2 fully saturated rings. The molecule has 0 aromatic carbocycles. The van der Waals surface area contributed by atoms with Gasteiger partial charge < -0.3 is 20.1 Å². The molecule has 37 heavy (non-hydrogen) atoms. The summed E-state index contributed by atoms with van der Waals surface area (Å²) in [7, 11) is 0. The van der Waals surface area contributed by atoms with Crippen molar-refractivity contribution in [2.45, 2.75) is 44.5 Å². The number of hydrogen-bond acceptors (Lipinski definition) is 7. The molecule has 2 N–H and O–H groups in total. The summed E-state index contributed by atoms with van der Waals surface area (Å²) < 4.78 is 46.9. The zero-order valence-corrected chi connectivity index (χ0v) is 20.0. The van der Waals surface area contributed by atoms with E-state index < -0.39 is 29.6 Å². The van der Waals surface area contributed by atoms with Crippen molar-refractivity contribution in [2.75, 3.05) is 24.6 Å². The molecular formula is C25H25F3N6O3. The van der Waals surface area contributed by atoms with Gasteiger partial charge in [-0.25, -0.2) is 9.50 Å². The summed E-state index contributed by atoms with van der Waals surface area (Å²) >= 11 is 0. The molecule has 3 aromatic heterocycles. The van der Waals surface area contributed by atoms with Crippen LogP contribution in [0.25, 0.3) is 16.6 Å². The van der Waals surface area contributed by atoms with Crippen LogP contribution in [0.3, 0.4) is 0 Å². The van der Waals surface area contributed by atoms with Crippen LogP contribution in [0.15, 0.2) is 36.8 Å². The Morgan fingerprint density at radius 2 is 2.14 bits per heavy atom. The third kappa shape index (κ3) is 4.44. The third-order valence-electron chi connectivity index (χ3n) is 7.03. The van der Waals surface area contributed by atoms with Gasteiger partial charge in [-0.1, -0.05) is 0 Å². The van der Waals surface area contributed by atoms with Crippen LogP contribution in [0.1, 0.15) is 31.7 Å². The molecule has 1 saturated heterocycles. The van der Waals surface area contributed by atoms with Gasteiger partial charge in [0.25, 0.3) is 0 Å². The number of fused-ring (bicyclic) bond motifs is 1. The maximum Gasteiger partial charge on any atom is 0.403 e. The molecule has 3 aromatic rings. The lowest BCUT2D eigenvalue weighted by Crippen LogP contribution is -2.56. The minimum atomic E-state index is -4.59. The lowest BCUT2D eigenvalue weighted by Gasteiger charge is -2.37. The number of rotatable bonds is 6. The highest BCUT2D eigenvalue weighted by molar-refractivity contribution is 5.87. The van der Waals surface area contributed by atoms with Crippen LogP contribution < -0.4 is 15.0 Å². The Hall–Kier alpha value is -3.85. The molecule has 1 aliphatic carbocycles. The lowest BCUT2D eigenvalue weighted by atomic mass is 9.99. The van der Waals surface area contributed by atoms with Gasteiger partial charge in [-0.2, -0.15) is 23.5 Å². The van der Waals surface area contributed by atoms with Gasteiger partial charge in [0.1, 0.15) is 23.1 Å². The standard InChI is InChI=1S/C25H25F3N6O3/c1-2-37-17-9-18(22-16(10-29)12-31-34(22)13-17)15-3-4-21(30-11-15)33-8-5-19(20(35)14-33)32-23(36)24(6-7-24)25(26,27)28/h3-4,9,11-13,19-20,35H,2,5-8,14H2,1H3,(H,32,36)/t19-,20-/m0/s1. The number of aliphatic hydroxyl groups excluding tert-OH is 1. The first-order valence-corrected chi connectivity index (χ1v) is 12.0. The highest BCUT2D eigenvalue weighted by atomic mass is 19.4. The number of anilines is 1. The SMILES string of the molecule is CCOc1cc(-c2ccc(N3CC[C@H](NC(=O)C4(C(F)(F)F)CC4)[C@@H](O)C3)nc2)c2c(C#N)cnn2c1. The Labute approximate surface area is 210 Å². The van der Waals surface area contributed by atoms with E-state index in [0.29, 0.717) is 35.8 Å². The Morgan fingerprint density at radius 1 is 1.35 bits per heavy atom. The predicted molar refractivity (Wildman–Crippen MR) is 127 cm³/mol. The van der Waals surface area contributed by atoms with E-state index in [2.05, 4.69) is 21.5 Å². The van der Waals surface area contributed by atoms with Gasteiger partial charge in [-0.15, -0.1) is 0 Å². The third-order valence-corrected chi connectivity index (χ3v) is 7.03. The number of nitriles is 1. The number of ether oxygens (including phenoxy) is 1. The number of nitrogens with one attached hydrogen (secondary N) is 1. The summed E-state index contributed by atoms with van der Waals surface area (Å²) in [6.07, 6.45) is -0.957. The summed E-state index contributed by atoms with van der Waals surface area (Å²) in [5, 5.41) is 26.8. The van der Waals surface area contributed by atoms with Crippen LogP contribution in [0.4, 0.5) is 19.0 Å². The molecule has 4 heterocycles. The normalized spacial score (nSPS) is 20.9. The largest absolute Gasteiger partial charge is 0.492 e. The van der Waals surface area contributed by atoms with Crippen molar-refractivity contribution in [3.05, 3.63) is 42.4 Å². The van der Waals surface area contributed by atoms with Gasteiger partial charge in [0.05, 0.1) is 42.2 Å². The second-order valence-corrected chi connectivity index (χ2v) is 9.35. The number of β-amino-alcohol motifs (C(OH)–C–C–N with tert-alkyl or cyclic N) is 1. The smallest absolute Gasteiger partial charge is 0.403 e. The topological polar surface area (TPSA) is 116 Å². The summed E-state index contributed by atoms with van der Waals surface area (Å²) in [5.74, 6) is 0.108. The second kappa shape index (κ2) is 9.23. The number of aromatic nitrogens is 3. The van der Waals surface area contributed by atoms with Crippen LogP contribution in [-0.4, -0.2) is 63.6 Å². The molecule has 0 radical (unpaired) electrons. The average molecular weight is 515 g/mol. The van der Waals surface area contributed by atoms with Crippen molar-refractivity contribution in [2.24, 2.45) is 5.41 Å². The zero-order valence-electron chi connectivity index (χ0n) is 20.0. The van der Waals surface area contributed by atoms with E-state index in [9.17, 15) is 28.3 Å². The number of piperidine rings is 1. The summed E-state index contributed by atoms with van der Waals surface area (Å²) in [4.78, 5) is 18.6. The van der Waals surface area contributed by atoms with E-state index in [-0.39, 0.29) is 25.8 Å². The van der Waals surface area contributed by atoms with Crippen LogP contribution in [-0.2, 0) is 4.79 Å². The first-order valence-electron chi connectivity index (χ1n) is 12.0. The monoisotopic (exact) mass is 514 g/mol. The summed E-state index contributed by atoms with van der Waals surface area (Å²) in [6.45, 7) is 2.85. The maximum atomic E-state index is 13.2. The number of pyridine rings is 2. The molecule has 1 amide bonds. The number of amides is 1. The quantitative estimate of drug-likeness (QED) is 0.520. The predicted octanol–water partition coefficient (Wildman–Crippen LogP) is 3.06. The Balaban J connectivity index is 1.31. The van der Waals surface area contributed by atoms with Crippen molar-refractivity contribution in [1.29, 1.82) is 5.26 Å². The number of aliphatic hydroxyl groups is 1. The van der Waals surface area contributed by atoms with Gasteiger partial charge in [0.15, 0.2) is 0 Å². The van der Waals surface area contributed by atoms with Crippen LogP contribution in [0, 0.1) is 16.7 Å². The van der Waals surface area contributed by atoms with Gasteiger partial charge in [0, 0.05) is 30.4 Å². The van der Waals surface area contributed by atoms with E-state index in [0.717, 1.165) is 11.1 Å². The number of alkyl halides is 3. The molecule has 12 heteroatoms. The van der Waals surface area contributed by atoms with Crippen molar-refractivity contribution < 1.29 is 27.8 Å². The molecule has 2 atom stereocenters. The number of hydrogen-bond donors (Lipinski definition) is 2. The molecule has 2 aliphatic rings. The van der Waals surface area contributed by atoms with E-state index in [1.54, 1.807) is 23.0 Å². The maximum absolute atomic E-state index is 13.2. The van der Waals surface area contributed by atoms with Crippen molar-refractivity contribution >= 4 is 17.2 Å². The number of carbonyl (C=O) groups excluding carboxylic acids is 1. The summed E-state index contributed by atoms with van der Waals surface area (Å²) in [5.41, 5.74) is 0.177. The molecule has 5 rings (SSSR count). The molecule has 0 unspecified atom stereocenters. The van der Waals surface area contributed by atoms with Gasteiger partial charge in [-0.3, -0.25) is 4.79 Å². The fraction of sp³-hybridized carbons (Fsp3) is 0.440. The van der Waals surface area contributed by atoms with E-state index in [1.165, 1.54) is 6.20 Å². The molecule has 1 saturated carbocycles. The highest BCUT2D eigenvalue weighted by Gasteiger charge is 2.68. The number of halogens is 3. The second-order valence-electron chi connectivity index (χ2n) is 9.35. The van der Waals surface area contributed by atoms with Crippen molar-refractivity contribution in [1.82, 2.24) is 19.9 Å². The van der Waals surface area contributed by atoms with Crippen LogP contribution >= 0.6 is 0 Å². The Bertz CT molecular complexity index is 1360. The zero-order chi connectivity index (χ0) is 26.4. The highest BCUT2D eigenvalue weighted by Crippen LogP contribution is 2.57. The lowest BCUT2D eigenvalue weighted by molar-refractivity contribution is -0.193. The van der Waals surface area contributed by atoms with Crippen LogP contribution in [0.5, 0.6) is 5.75 Å². The minimum absolute atomic E-state index is 0.113. The van der Waals surface area contributed by atoms with Gasteiger partial charge >= 0.3 is 6.18 Å². The molecule has 0 spiro atoms. The van der Waals surface area contributed by atoms with Crippen molar-refractivity contribution in [3.8, 4) is 22.9 Å². The van der Waals surface area contributed by atoms with E-state index in [4.69, 9.17) is 4.74 Å².